The third-order valence-electron chi connectivity index (χ3n) is 2.86. The van der Waals surface area contributed by atoms with Gasteiger partial charge in [-0.15, -0.1) is 17.0 Å². The van der Waals surface area contributed by atoms with Crippen molar-refractivity contribution in [2.45, 2.75) is 13.0 Å². The Morgan fingerprint density at radius 3 is 2.55 bits per heavy atom. The zero-order valence-electron chi connectivity index (χ0n) is 11.0. The van der Waals surface area contributed by atoms with Gasteiger partial charge in [-0.05, 0) is 25.2 Å². The summed E-state index contributed by atoms with van der Waals surface area (Å²) in [6.07, 6.45) is -0.0116. The Morgan fingerprint density at radius 1 is 1.35 bits per heavy atom. The van der Waals surface area contributed by atoms with Gasteiger partial charge in [-0.1, -0.05) is 0 Å². The van der Waals surface area contributed by atoms with Crippen molar-refractivity contribution in [3.63, 3.8) is 0 Å². The quantitative estimate of drug-likeness (QED) is 0.507. The summed E-state index contributed by atoms with van der Waals surface area (Å²) < 4.78 is 0. The second kappa shape index (κ2) is 6.10. The van der Waals surface area contributed by atoms with Gasteiger partial charge in [-0.2, -0.15) is 0 Å². The van der Waals surface area contributed by atoms with Gasteiger partial charge in [0, 0.05) is 25.1 Å². The lowest BCUT2D eigenvalue weighted by atomic mass is 9.95. The molecule has 1 heterocycles. The molecule has 0 aromatic heterocycles. The van der Waals surface area contributed by atoms with Crippen LogP contribution in [0, 0.1) is 10.1 Å². The van der Waals surface area contributed by atoms with Crippen molar-refractivity contribution in [2.24, 2.45) is 0 Å². The van der Waals surface area contributed by atoms with Gasteiger partial charge in [-0.3, -0.25) is 19.7 Å². The molecule has 1 amide bonds. The molecule has 7 nitrogen and oxygen atoms in total. The van der Waals surface area contributed by atoms with E-state index >= 15 is 0 Å². The highest BCUT2D eigenvalue weighted by Gasteiger charge is 2.27. The Bertz CT molecular complexity index is 586. The van der Waals surface area contributed by atoms with Crippen LogP contribution < -0.4 is 5.32 Å². The van der Waals surface area contributed by atoms with E-state index in [1.807, 2.05) is 19.0 Å². The van der Waals surface area contributed by atoms with Crippen molar-refractivity contribution in [3.05, 3.63) is 33.4 Å². The SMILES string of the molecule is Br.CN(C)Cc1cc([N+](=O)[O-])cc2c1CC(=O)C(=O)N2. The number of nitro groups is 1. The molecule has 0 spiro atoms. The standard InChI is InChI=1S/C12H13N3O4.BrH/c1-14(2)6-7-3-8(15(18)19)4-10-9(7)5-11(16)12(17)13-10;/h3-4H,5-6H2,1-2H3,(H,13,17);1H. The van der Waals surface area contributed by atoms with Crippen molar-refractivity contribution in [1.82, 2.24) is 4.90 Å². The molecule has 20 heavy (non-hydrogen) atoms. The van der Waals surface area contributed by atoms with Gasteiger partial charge in [0.15, 0.2) is 0 Å². The fourth-order valence-electron chi connectivity index (χ4n) is 2.06. The summed E-state index contributed by atoms with van der Waals surface area (Å²) in [4.78, 5) is 35.0. The zero-order chi connectivity index (χ0) is 14.2. The van der Waals surface area contributed by atoms with Gasteiger partial charge in [0.05, 0.1) is 10.6 Å². The number of carbonyl (C=O) groups is 2. The molecule has 1 aromatic carbocycles. The summed E-state index contributed by atoms with van der Waals surface area (Å²) in [6, 6.07) is 2.74. The van der Waals surface area contributed by atoms with E-state index in [0.29, 0.717) is 23.4 Å². The molecular formula is C12H14BrN3O4. The molecule has 1 aliphatic rings. The molecule has 0 saturated heterocycles. The smallest absolute Gasteiger partial charge is 0.292 e. The predicted octanol–water partition coefficient (Wildman–Crippen LogP) is 1.30. The molecule has 8 heteroatoms. The monoisotopic (exact) mass is 343 g/mol. The summed E-state index contributed by atoms with van der Waals surface area (Å²) in [5.74, 6) is -1.25. The molecule has 1 N–H and O–H groups in total. The van der Waals surface area contributed by atoms with Crippen LogP contribution in [0.3, 0.4) is 0 Å². The van der Waals surface area contributed by atoms with E-state index in [-0.39, 0.29) is 29.1 Å². The van der Waals surface area contributed by atoms with Gasteiger partial charge < -0.3 is 10.2 Å². The highest BCUT2D eigenvalue weighted by molar-refractivity contribution is 8.93. The molecule has 0 bridgehead atoms. The van der Waals surface area contributed by atoms with Gasteiger partial charge in [0.1, 0.15) is 0 Å². The molecular weight excluding hydrogens is 330 g/mol. The summed E-state index contributed by atoms with van der Waals surface area (Å²) in [7, 11) is 3.66. The number of ketones is 1. The minimum absolute atomic E-state index is 0. The number of nitrogens with zero attached hydrogens (tertiary/aromatic N) is 2. The zero-order valence-corrected chi connectivity index (χ0v) is 12.7. The average molecular weight is 344 g/mol. The maximum absolute atomic E-state index is 11.5. The molecule has 1 aliphatic heterocycles. The van der Waals surface area contributed by atoms with E-state index in [4.69, 9.17) is 0 Å². The summed E-state index contributed by atoms with van der Waals surface area (Å²) in [5.41, 5.74) is 1.60. The number of nitrogens with one attached hydrogen (secondary N) is 1. The van der Waals surface area contributed by atoms with Crippen molar-refractivity contribution in [1.29, 1.82) is 0 Å². The van der Waals surface area contributed by atoms with Gasteiger partial charge in [-0.25, -0.2) is 0 Å². The number of carbonyl (C=O) groups excluding carboxylic acids is 2. The third-order valence-corrected chi connectivity index (χ3v) is 2.86. The number of hydrogen-bond donors (Lipinski definition) is 1. The Morgan fingerprint density at radius 2 is 2.00 bits per heavy atom. The number of Topliss-reactive ketones (excluding diaryl/α,β-unsaturated/α-hetero) is 1. The first-order chi connectivity index (χ1) is 8.88. The van der Waals surface area contributed by atoms with Crippen LogP contribution in [0.5, 0.6) is 0 Å². The first kappa shape index (κ1) is 16.3. The number of non-ortho nitro benzene ring substituents is 1. The molecule has 0 aliphatic carbocycles. The van der Waals surface area contributed by atoms with Crippen LogP contribution in [-0.4, -0.2) is 35.6 Å². The van der Waals surface area contributed by atoms with E-state index in [1.165, 1.54) is 12.1 Å². The number of amides is 1. The minimum Gasteiger partial charge on any atom is -0.319 e. The molecule has 0 radical (unpaired) electrons. The Balaban J connectivity index is 0.00000200. The fraction of sp³-hybridized carbons (Fsp3) is 0.333. The van der Waals surface area contributed by atoms with Crippen LogP contribution in [0.2, 0.25) is 0 Å². The van der Waals surface area contributed by atoms with E-state index < -0.39 is 16.6 Å². The highest BCUT2D eigenvalue weighted by atomic mass is 79.9. The van der Waals surface area contributed by atoms with E-state index in [9.17, 15) is 19.7 Å². The molecule has 0 saturated carbocycles. The lowest BCUT2D eigenvalue weighted by molar-refractivity contribution is -0.384. The van der Waals surface area contributed by atoms with Crippen LogP contribution in [0.15, 0.2) is 12.1 Å². The number of benzene rings is 1. The minimum atomic E-state index is -0.719. The highest BCUT2D eigenvalue weighted by Crippen LogP contribution is 2.30. The van der Waals surface area contributed by atoms with Crippen LogP contribution in [0.4, 0.5) is 11.4 Å². The van der Waals surface area contributed by atoms with Gasteiger partial charge in [0.2, 0.25) is 5.78 Å². The van der Waals surface area contributed by atoms with Gasteiger partial charge in [0.25, 0.3) is 11.6 Å². The molecule has 108 valence electrons. The number of halogens is 1. The van der Waals surface area contributed by atoms with Crippen LogP contribution in [-0.2, 0) is 22.6 Å². The number of rotatable bonds is 3. The Labute approximate surface area is 125 Å². The number of hydrogen-bond acceptors (Lipinski definition) is 5. The number of anilines is 1. The van der Waals surface area contributed by atoms with Gasteiger partial charge >= 0.3 is 0 Å². The Kier molecular flexibility index (Phi) is 4.96. The largest absolute Gasteiger partial charge is 0.319 e. The topological polar surface area (TPSA) is 92.5 Å². The summed E-state index contributed by atoms with van der Waals surface area (Å²) in [5, 5.41) is 13.3. The van der Waals surface area contributed by atoms with Crippen molar-refractivity contribution >= 4 is 40.0 Å². The van der Waals surface area contributed by atoms with Crippen molar-refractivity contribution < 1.29 is 14.5 Å². The first-order valence-electron chi connectivity index (χ1n) is 5.67. The van der Waals surface area contributed by atoms with Crippen molar-refractivity contribution in [2.75, 3.05) is 19.4 Å². The lowest BCUT2D eigenvalue weighted by Gasteiger charge is -2.20. The molecule has 0 fully saturated rings. The average Bonchev–Trinajstić information content (AvgIpc) is 2.30. The Hall–Kier alpha value is -1.80. The lowest BCUT2D eigenvalue weighted by Crippen LogP contribution is -2.31. The maximum atomic E-state index is 11.5. The second-order valence-corrected chi connectivity index (χ2v) is 4.68. The first-order valence-corrected chi connectivity index (χ1v) is 5.67. The number of fused-ring (bicyclic) bond motifs is 1. The van der Waals surface area contributed by atoms with Crippen LogP contribution in [0.25, 0.3) is 0 Å². The summed E-state index contributed by atoms with van der Waals surface area (Å²) in [6.45, 7) is 0.465. The summed E-state index contributed by atoms with van der Waals surface area (Å²) >= 11 is 0. The van der Waals surface area contributed by atoms with Crippen molar-refractivity contribution in [3.8, 4) is 0 Å². The molecule has 2 rings (SSSR count). The second-order valence-electron chi connectivity index (χ2n) is 4.68. The normalized spacial score (nSPS) is 13.6. The van der Waals surface area contributed by atoms with Crippen LogP contribution in [0.1, 0.15) is 11.1 Å². The molecule has 0 atom stereocenters. The fourth-order valence-corrected chi connectivity index (χ4v) is 2.06. The van der Waals surface area contributed by atoms with E-state index in [2.05, 4.69) is 5.32 Å². The van der Waals surface area contributed by atoms with E-state index in [1.54, 1.807) is 0 Å². The third kappa shape index (κ3) is 3.20. The maximum Gasteiger partial charge on any atom is 0.292 e. The number of nitro benzene ring substituents is 1. The molecule has 1 aromatic rings. The predicted molar refractivity (Wildman–Crippen MR) is 78.2 cm³/mol. The van der Waals surface area contributed by atoms with Crippen LogP contribution >= 0.6 is 17.0 Å². The molecule has 0 unspecified atom stereocenters. The van der Waals surface area contributed by atoms with E-state index in [0.717, 1.165) is 0 Å².